The van der Waals surface area contributed by atoms with Gasteiger partial charge in [-0.25, -0.2) is 0 Å². The summed E-state index contributed by atoms with van der Waals surface area (Å²) in [5.74, 6) is 1.22. The summed E-state index contributed by atoms with van der Waals surface area (Å²) in [5.41, 5.74) is 1.18. The number of hydrogen-bond donors (Lipinski definition) is 1. The summed E-state index contributed by atoms with van der Waals surface area (Å²) in [5, 5.41) is 3.40. The molecule has 2 aliphatic rings. The Bertz CT molecular complexity index is 489. The average molecular weight is 293 g/mol. The van der Waals surface area contributed by atoms with E-state index in [1.54, 1.807) is 0 Å². The van der Waals surface area contributed by atoms with Crippen LogP contribution in [0.25, 0.3) is 0 Å². The number of nitrogens with one attached hydrogen (secondary N) is 1. The molecule has 1 fully saturated rings. The predicted molar refractivity (Wildman–Crippen MR) is 78.7 cm³/mol. The highest BCUT2D eigenvalue weighted by molar-refractivity contribution is 5.43. The lowest BCUT2D eigenvalue weighted by Crippen LogP contribution is -2.30. The monoisotopic (exact) mass is 293 g/mol. The molecule has 1 atom stereocenters. The highest BCUT2D eigenvalue weighted by atomic mass is 16.7. The number of hydrogen-bond acceptors (Lipinski definition) is 5. The van der Waals surface area contributed by atoms with Crippen LogP contribution < -0.4 is 14.8 Å². The van der Waals surface area contributed by atoms with E-state index >= 15 is 0 Å². The Hall–Kier alpha value is -1.30. The maximum atomic E-state index is 5.76. The zero-order valence-electron chi connectivity index (χ0n) is 12.7. The fourth-order valence-corrected chi connectivity index (χ4v) is 2.56. The summed E-state index contributed by atoms with van der Waals surface area (Å²) in [7, 11) is 0. The molecule has 0 radical (unpaired) electrons. The minimum absolute atomic E-state index is 0.111. The van der Waals surface area contributed by atoms with E-state index in [1.165, 1.54) is 5.56 Å². The Labute approximate surface area is 125 Å². The third kappa shape index (κ3) is 3.87. The molecule has 1 N–H and O–H groups in total. The maximum Gasteiger partial charge on any atom is 0.163 e. The van der Waals surface area contributed by atoms with Gasteiger partial charge in [-0.2, -0.15) is 0 Å². The molecule has 0 bridgehead atoms. The van der Waals surface area contributed by atoms with Gasteiger partial charge in [-0.15, -0.1) is 0 Å². The predicted octanol–water partition coefficient (Wildman–Crippen LogP) is 2.09. The molecule has 5 heteroatoms. The molecule has 0 aliphatic carbocycles. The first-order valence-electron chi connectivity index (χ1n) is 7.53. The van der Waals surface area contributed by atoms with Crippen molar-refractivity contribution in [3.63, 3.8) is 0 Å². The highest BCUT2D eigenvalue weighted by Gasteiger charge is 2.32. The average Bonchev–Trinajstić information content (AvgIpc) is 2.67. The number of benzene rings is 1. The molecular weight excluding hydrogens is 270 g/mol. The molecule has 1 aromatic carbocycles. The van der Waals surface area contributed by atoms with Crippen LogP contribution in [0, 0.1) is 0 Å². The summed E-state index contributed by atoms with van der Waals surface area (Å²) >= 11 is 0. The van der Waals surface area contributed by atoms with Crippen LogP contribution in [0.2, 0.25) is 0 Å². The first kappa shape index (κ1) is 14.6. The normalized spacial score (nSPS) is 23.8. The van der Waals surface area contributed by atoms with Crippen molar-refractivity contribution in [2.75, 3.05) is 26.4 Å². The van der Waals surface area contributed by atoms with Crippen LogP contribution >= 0.6 is 0 Å². The van der Waals surface area contributed by atoms with Crippen molar-refractivity contribution >= 4 is 0 Å². The van der Waals surface area contributed by atoms with Gasteiger partial charge in [0, 0.05) is 19.5 Å². The van der Waals surface area contributed by atoms with E-state index in [0.717, 1.165) is 37.6 Å². The number of fused-ring (bicyclic) bond motifs is 1. The van der Waals surface area contributed by atoms with E-state index in [1.807, 2.05) is 26.0 Å². The van der Waals surface area contributed by atoms with Crippen LogP contribution in [-0.4, -0.2) is 38.3 Å². The zero-order chi connectivity index (χ0) is 14.7. The summed E-state index contributed by atoms with van der Waals surface area (Å²) in [4.78, 5) is 0. The van der Waals surface area contributed by atoms with Gasteiger partial charge in [-0.05, 0) is 31.5 Å². The van der Waals surface area contributed by atoms with Crippen molar-refractivity contribution in [3.8, 4) is 11.5 Å². The lowest BCUT2D eigenvalue weighted by molar-refractivity contribution is -0.137. The molecule has 0 saturated carbocycles. The second-order valence-electron chi connectivity index (χ2n) is 5.91. The van der Waals surface area contributed by atoms with Crippen molar-refractivity contribution in [2.45, 2.75) is 38.7 Å². The molecule has 116 valence electrons. The Kier molecular flexibility index (Phi) is 4.33. The Morgan fingerprint density at radius 1 is 1.19 bits per heavy atom. The molecule has 3 rings (SSSR count). The van der Waals surface area contributed by atoms with E-state index in [2.05, 4.69) is 11.4 Å². The SMILES string of the molecule is CC1(C)OCC(CNCc2ccc3c(c2)OCCCO3)O1. The topological polar surface area (TPSA) is 49.0 Å². The van der Waals surface area contributed by atoms with Gasteiger partial charge in [0.25, 0.3) is 0 Å². The highest BCUT2D eigenvalue weighted by Crippen LogP contribution is 2.30. The van der Waals surface area contributed by atoms with Gasteiger partial charge in [-0.1, -0.05) is 6.07 Å². The van der Waals surface area contributed by atoms with Crippen LogP contribution in [0.5, 0.6) is 11.5 Å². The second-order valence-corrected chi connectivity index (χ2v) is 5.91. The molecule has 2 heterocycles. The first-order chi connectivity index (χ1) is 10.1. The Morgan fingerprint density at radius 3 is 2.76 bits per heavy atom. The molecule has 0 amide bonds. The van der Waals surface area contributed by atoms with Gasteiger partial charge >= 0.3 is 0 Å². The largest absolute Gasteiger partial charge is 0.490 e. The fourth-order valence-electron chi connectivity index (χ4n) is 2.56. The molecule has 21 heavy (non-hydrogen) atoms. The van der Waals surface area contributed by atoms with E-state index in [-0.39, 0.29) is 6.10 Å². The second kappa shape index (κ2) is 6.22. The molecule has 1 aromatic rings. The maximum absolute atomic E-state index is 5.76. The van der Waals surface area contributed by atoms with Crippen LogP contribution in [0.4, 0.5) is 0 Å². The van der Waals surface area contributed by atoms with Gasteiger partial charge in [0.1, 0.15) is 0 Å². The van der Waals surface area contributed by atoms with Gasteiger partial charge in [0.15, 0.2) is 17.3 Å². The van der Waals surface area contributed by atoms with Gasteiger partial charge in [0.05, 0.1) is 25.9 Å². The minimum Gasteiger partial charge on any atom is -0.490 e. The van der Waals surface area contributed by atoms with Crippen molar-refractivity contribution in [1.29, 1.82) is 0 Å². The molecule has 0 spiro atoms. The van der Waals surface area contributed by atoms with E-state index in [9.17, 15) is 0 Å². The summed E-state index contributed by atoms with van der Waals surface area (Å²) in [6.07, 6.45) is 1.04. The standard InChI is InChI=1S/C16H23NO4/c1-16(2)20-11-13(21-16)10-17-9-12-4-5-14-15(8-12)19-7-3-6-18-14/h4-5,8,13,17H,3,6-7,9-11H2,1-2H3. The summed E-state index contributed by atoms with van der Waals surface area (Å²) in [6, 6.07) is 6.09. The van der Waals surface area contributed by atoms with Gasteiger partial charge in [-0.3, -0.25) is 0 Å². The number of rotatable bonds is 4. The third-order valence-corrected chi connectivity index (χ3v) is 3.58. The number of ether oxygens (including phenoxy) is 4. The Morgan fingerprint density at radius 2 is 2.00 bits per heavy atom. The minimum atomic E-state index is -0.457. The molecule has 5 nitrogen and oxygen atoms in total. The van der Waals surface area contributed by atoms with Crippen LogP contribution in [-0.2, 0) is 16.0 Å². The van der Waals surface area contributed by atoms with Crippen LogP contribution in [0.3, 0.4) is 0 Å². The smallest absolute Gasteiger partial charge is 0.163 e. The van der Waals surface area contributed by atoms with Crippen molar-refractivity contribution in [3.05, 3.63) is 23.8 Å². The Balaban J connectivity index is 1.50. The molecule has 2 aliphatic heterocycles. The quantitative estimate of drug-likeness (QED) is 0.921. The van der Waals surface area contributed by atoms with Crippen LogP contribution in [0.1, 0.15) is 25.8 Å². The third-order valence-electron chi connectivity index (χ3n) is 3.58. The molecule has 1 unspecified atom stereocenters. The van der Waals surface area contributed by atoms with Crippen molar-refractivity contribution in [2.24, 2.45) is 0 Å². The molecule has 0 aromatic heterocycles. The zero-order valence-corrected chi connectivity index (χ0v) is 12.7. The van der Waals surface area contributed by atoms with Crippen LogP contribution in [0.15, 0.2) is 18.2 Å². The molecule has 1 saturated heterocycles. The van der Waals surface area contributed by atoms with E-state index < -0.39 is 5.79 Å². The molecular formula is C16H23NO4. The summed E-state index contributed by atoms with van der Waals surface area (Å²) in [6.45, 7) is 7.51. The van der Waals surface area contributed by atoms with Crippen molar-refractivity contribution < 1.29 is 18.9 Å². The van der Waals surface area contributed by atoms with Gasteiger partial charge < -0.3 is 24.3 Å². The summed E-state index contributed by atoms with van der Waals surface area (Å²) < 4.78 is 22.6. The van der Waals surface area contributed by atoms with E-state index in [0.29, 0.717) is 13.2 Å². The lowest BCUT2D eigenvalue weighted by Gasteiger charge is -2.17. The lowest BCUT2D eigenvalue weighted by atomic mass is 10.2. The van der Waals surface area contributed by atoms with Crippen molar-refractivity contribution in [1.82, 2.24) is 5.32 Å². The fraction of sp³-hybridized carbons (Fsp3) is 0.625. The van der Waals surface area contributed by atoms with E-state index in [4.69, 9.17) is 18.9 Å². The van der Waals surface area contributed by atoms with Gasteiger partial charge in [0.2, 0.25) is 0 Å². The first-order valence-corrected chi connectivity index (χ1v) is 7.53.